The van der Waals surface area contributed by atoms with Gasteiger partial charge in [0.15, 0.2) is 0 Å². The van der Waals surface area contributed by atoms with Gasteiger partial charge in [-0.15, -0.1) is 0 Å². The number of nitrogens with one attached hydrogen (secondary N) is 1. The molecule has 0 saturated heterocycles. The Morgan fingerprint density at radius 3 is 2.43 bits per heavy atom. The van der Waals surface area contributed by atoms with Crippen molar-refractivity contribution in [2.45, 2.75) is 45.8 Å². The lowest BCUT2D eigenvalue weighted by Crippen LogP contribution is -2.26. The van der Waals surface area contributed by atoms with Crippen molar-refractivity contribution in [1.82, 2.24) is 5.32 Å². The van der Waals surface area contributed by atoms with Crippen LogP contribution in [0.15, 0.2) is 0 Å². The number of hydrogen-bond donors (Lipinski definition) is 1. The third kappa shape index (κ3) is 9.96. The van der Waals surface area contributed by atoms with E-state index < -0.39 is 0 Å². The quantitative estimate of drug-likeness (QED) is 0.580. The van der Waals surface area contributed by atoms with E-state index in [-0.39, 0.29) is 0 Å². The minimum absolute atomic E-state index is 0.307. The van der Waals surface area contributed by atoms with Gasteiger partial charge in [-0.05, 0) is 40.2 Å². The Bertz CT molecular complexity index is 118. The molecule has 3 nitrogen and oxygen atoms in total. The smallest absolute Gasteiger partial charge is 0.0667 e. The highest BCUT2D eigenvalue weighted by Gasteiger charge is 1.97. The third-order valence-corrected chi connectivity index (χ3v) is 2.03. The molecule has 0 saturated carbocycles. The van der Waals surface area contributed by atoms with Crippen LogP contribution in [0.1, 0.15) is 33.6 Å². The Morgan fingerprint density at radius 1 is 1.14 bits per heavy atom. The summed E-state index contributed by atoms with van der Waals surface area (Å²) in [7, 11) is 1.74. The second-order valence-corrected chi connectivity index (χ2v) is 3.88. The van der Waals surface area contributed by atoms with Gasteiger partial charge in [0.2, 0.25) is 0 Å². The predicted molar refractivity (Wildman–Crippen MR) is 59.7 cm³/mol. The zero-order valence-corrected chi connectivity index (χ0v) is 10.0. The van der Waals surface area contributed by atoms with Crippen LogP contribution in [0.4, 0.5) is 0 Å². The van der Waals surface area contributed by atoms with Crippen molar-refractivity contribution in [2.75, 3.05) is 26.8 Å². The van der Waals surface area contributed by atoms with E-state index in [9.17, 15) is 0 Å². The van der Waals surface area contributed by atoms with Crippen molar-refractivity contribution in [3.05, 3.63) is 0 Å². The molecular weight excluding hydrogens is 178 g/mol. The predicted octanol–water partition coefficient (Wildman–Crippen LogP) is 1.82. The molecule has 1 unspecified atom stereocenters. The zero-order valence-electron chi connectivity index (χ0n) is 10.0. The molecular formula is C11H25NO2. The first-order chi connectivity index (χ1) is 6.66. The molecule has 0 aromatic carbocycles. The van der Waals surface area contributed by atoms with E-state index >= 15 is 0 Å². The maximum atomic E-state index is 5.44. The first-order valence-corrected chi connectivity index (χ1v) is 5.52. The monoisotopic (exact) mass is 203 g/mol. The lowest BCUT2D eigenvalue weighted by molar-refractivity contribution is 0.0756. The molecule has 14 heavy (non-hydrogen) atoms. The van der Waals surface area contributed by atoms with Crippen LogP contribution in [0.5, 0.6) is 0 Å². The highest BCUT2D eigenvalue weighted by molar-refractivity contribution is 4.54. The van der Waals surface area contributed by atoms with Gasteiger partial charge in [-0.3, -0.25) is 0 Å². The van der Waals surface area contributed by atoms with E-state index in [4.69, 9.17) is 9.47 Å². The van der Waals surface area contributed by atoms with Gasteiger partial charge in [-0.25, -0.2) is 0 Å². The third-order valence-electron chi connectivity index (χ3n) is 2.03. The highest BCUT2D eigenvalue weighted by atomic mass is 16.5. The summed E-state index contributed by atoms with van der Waals surface area (Å²) in [6.45, 7) is 9.06. The average Bonchev–Trinajstić information content (AvgIpc) is 2.15. The number of rotatable bonds is 9. The fourth-order valence-corrected chi connectivity index (χ4v) is 1.06. The molecule has 1 N–H and O–H groups in total. The van der Waals surface area contributed by atoms with E-state index in [0.29, 0.717) is 12.2 Å². The molecule has 0 aliphatic heterocycles. The van der Waals surface area contributed by atoms with Crippen molar-refractivity contribution in [2.24, 2.45) is 0 Å². The summed E-state index contributed by atoms with van der Waals surface area (Å²) in [6, 6.07) is 0. The molecule has 0 aromatic rings. The summed E-state index contributed by atoms with van der Waals surface area (Å²) in [6.07, 6.45) is 2.97. The van der Waals surface area contributed by atoms with Crippen molar-refractivity contribution >= 4 is 0 Å². The standard InChI is InChI=1S/C11H25NO2/c1-10(2)14-8-6-5-7-12-9-11(3)13-4/h10-12H,5-9H2,1-4H3. The molecule has 0 spiro atoms. The van der Waals surface area contributed by atoms with E-state index in [2.05, 4.69) is 26.1 Å². The van der Waals surface area contributed by atoms with E-state index in [1.165, 1.54) is 6.42 Å². The molecule has 0 bridgehead atoms. The first kappa shape index (κ1) is 13.9. The maximum Gasteiger partial charge on any atom is 0.0667 e. The summed E-state index contributed by atoms with van der Waals surface area (Å²) in [5.41, 5.74) is 0. The van der Waals surface area contributed by atoms with Crippen molar-refractivity contribution in [1.29, 1.82) is 0 Å². The van der Waals surface area contributed by atoms with Crippen LogP contribution in [0.25, 0.3) is 0 Å². The molecule has 0 aliphatic rings. The Hall–Kier alpha value is -0.120. The number of unbranched alkanes of at least 4 members (excludes halogenated alkanes) is 1. The number of ether oxygens (including phenoxy) is 2. The topological polar surface area (TPSA) is 30.5 Å². The largest absolute Gasteiger partial charge is 0.380 e. The van der Waals surface area contributed by atoms with E-state index in [1.807, 2.05) is 0 Å². The van der Waals surface area contributed by atoms with Crippen LogP contribution in [0.2, 0.25) is 0 Å². The lowest BCUT2D eigenvalue weighted by Gasteiger charge is -2.11. The molecule has 1 atom stereocenters. The van der Waals surface area contributed by atoms with Crippen molar-refractivity contribution in [3.63, 3.8) is 0 Å². The van der Waals surface area contributed by atoms with Crippen molar-refractivity contribution in [3.8, 4) is 0 Å². The minimum Gasteiger partial charge on any atom is -0.380 e. The minimum atomic E-state index is 0.307. The van der Waals surface area contributed by atoms with Crippen LogP contribution in [-0.4, -0.2) is 39.0 Å². The van der Waals surface area contributed by atoms with Gasteiger partial charge in [0.1, 0.15) is 0 Å². The second kappa shape index (κ2) is 9.44. The van der Waals surface area contributed by atoms with E-state index in [0.717, 1.165) is 26.1 Å². The molecule has 0 fully saturated rings. The van der Waals surface area contributed by atoms with Crippen molar-refractivity contribution < 1.29 is 9.47 Å². The SMILES string of the molecule is COC(C)CNCCCCOC(C)C. The normalized spacial score (nSPS) is 13.5. The number of methoxy groups -OCH3 is 1. The molecule has 0 rings (SSSR count). The summed E-state index contributed by atoms with van der Waals surface area (Å²) >= 11 is 0. The van der Waals surface area contributed by atoms with Crippen LogP contribution in [-0.2, 0) is 9.47 Å². The van der Waals surface area contributed by atoms with Crippen LogP contribution in [0, 0.1) is 0 Å². The van der Waals surface area contributed by atoms with Crippen LogP contribution in [0.3, 0.4) is 0 Å². The van der Waals surface area contributed by atoms with Gasteiger partial charge >= 0.3 is 0 Å². The fourth-order valence-electron chi connectivity index (χ4n) is 1.06. The average molecular weight is 203 g/mol. The Kier molecular flexibility index (Phi) is 9.35. The Morgan fingerprint density at radius 2 is 1.86 bits per heavy atom. The molecule has 3 heteroatoms. The van der Waals surface area contributed by atoms with Gasteiger partial charge in [-0.1, -0.05) is 0 Å². The fraction of sp³-hybridized carbons (Fsp3) is 1.00. The molecule has 0 radical (unpaired) electrons. The molecule has 86 valence electrons. The van der Waals surface area contributed by atoms with Crippen LogP contribution >= 0.6 is 0 Å². The number of hydrogen-bond acceptors (Lipinski definition) is 3. The van der Waals surface area contributed by atoms with Gasteiger partial charge in [-0.2, -0.15) is 0 Å². The Balaban J connectivity index is 2.99. The highest BCUT2D eigenvalue weighted by Crippen LogP contribution is 1.93. The van der Waals surface area contributed by atoms with Gasteiger partial charge in [0, 0.05) is 20.3 Å². The lowest BCUT2D eigenvalue weighted by atomic mass is 10.3. The summed E-state index contributed by atoms with van der Waals surface area (Å²) in [4.78, 5) is 0. The molecule has 0 amide bonds. The molecule has 0 aromatic heterocycles. The molecule has 0 aliphatic carbocycles. The maximum absolute atomic E-state index is 5.44. The molecule has 0 heterocycles. The summed E-state index contributed by atoms with van der Waals surface area (Å²) in [5.74, 6) is 0. The first-order valence-electron chi connectivity index (χ1n) is 5.52. The Labute approximate surface area is 88.2 Å². The summed E-state index contributed by atoms with van der Waals surface area (Å²) in [5, 5.41) is 3.34. The van der Waals surface area contributed by atoms with Gasteiger partial charge in [0.05, 0.1) is 12.2 Å². The van der Waals surface area contributed by atoms with E-state index in [1.54, 1.807) is 7.11 Å². The van der Waals surface area contributed by atoms with Gasteiger partial charge in [0.25, 0.3) is 0 Å². The van der Waals surface area contributed by atoms with Gasteiger partial charge < -0.3 is 14.8 Å². The van der Waals surface area contributed by atoms with Crippen LogP contribution < -0.4 is 5.32 Å². The second-order valence-electron chi connectivity index (χ2n) is 3.88. The zero-order chi connectivity index (χ0) is 10.8. The summed E-state index contributed by atoms with van der Waals surface area (Å²) < 4.78 is 10.6.